The van der Waals surface area contributed by atoms with Crippen molar-refractivity contribution in [3.63, 3.8) is 0 Å². The molecule has 1 aromatic heterocycles. The zero-order chi connectivity index (χ0) is 18.9. The molecular formula is C19H24N4O3. The molecule has 26 heavy (non-hydrogen) atoms. The summed E-state index contributed by atoms with van der Waals surface area (Å²) in [7, 11) is 0. The van der Waals surface area contributed by atoms with Crippen LogP contribution in [-0.4, -0.2) is 39.5 Å². The number of hydrogen-bond donors (Lipinski definition) is 1. The second-order valence-electron chi connectivity index (χ2n) is 7.73. The minimum absolute atomic E-state index is 0.103. The fourth-order valence-corrected chi connectivity index (χ4v) is 3.18. The van der Waals surface area contributed by atoms with Crippen molar-refractivity contribution in [3.8, 4) is 0 Å². The zero-order valence-corrected chi connectivity index (χ0v) is 15.4. The van der Waals surface area contributed by atoms with E-state index in [1.54, 1.807) is 18.2 Å². The summed E-state index contributed by atoms with van der Waals surface area (Å²) in [5, 5.41) is 0.459. The molecule has 7 heteroatoms. The van der Waals surface area contributed by atoms with Gasteiger partial charge in [-0.25, -0.2) is 9.66 Å². The number of piperidine rings is 1. The lowest BCUT2D eigenvalue weighted by molar-refractivity contribution is -0.142. The first-order valence-corrected chi connectivity index (χ1v) is 8.84. The molecule has 2 heterocycles. The fraction of sp³-hybridized carbons (Fsp3) is 0.474. The smallest absolute Gasteiger partial charge is 0.280 e. The summed E-state index contributed by atoms with van der Waals surface area (Å²) in [4.78, 5) is 43.3. The van der Waals surface area contributed by atoms with Crippen molar-refractivity contribution < 1.29 is 9.59 Å². The van der Waals surface area contributed by atoms with Gasteiger partial charge in [0, 0.05) is 24.4 Å². The van der Waals surface area contributed by atoms with Gasteiger partial charge in [0.2, 0.25) is 11.8 Å². The predicted octanol–water partition coefficient (Wildman–Crippen LogP) is 1.75. The van der Waals surface area contributed by atoms with Crippen LogP contribution < -0.4 is 11.0 Å². The third kappa shape index (κ3) is 3.61. The quantitative estimate of drug-likeness (QED) is 0.888. The van der Waals surface area contributed by atoms with Crippen LogP contribution in [0.5, 0.6) is 0 Å². The van der Waals surface area contributed by atoms with E-state index in [1.165, 1.54) is 6.33 Å². The minimum Gasteiger partial charge on any atom is -0.342 e. The van der Waals surface area contributed by atoms with E-state index in [9.17, 15) is 14.4 Å². The van der Waals surface area contributed by atoms with E-state index in [0.717, 1.165) is 4.68 Å². The number of para-hydroxylation sites is 1. The second kappa shape index (κ2) is 6.90. The summed E-state index contributed by atoms with van der Waals surface area (Å²) in [6.45, 7) is 6.80. The summed E-state index contributed by atoms with van der Waals surface area (Å²) in [5.41, 5.74) is 2.52. The maximum atomic E-state index is 12.5. The van der Waals surface area contributed by atoms with Crippen LogP contribution in [-0.2, 0) is 9.59 Å². The van der Waals surface area contributed by atoms with Crippen LogP contribution in [0.4, 0.5) is 0 Å². The highest BCUT2D eigenvalue weighted by Gasteiger charge is 2.32. The van der Waals surface area contributed by atoms with Crippen LogP contribution in [0.25, 0.3) is 10.9 Å². The van der Waals surface area contributed by atoms with E-state index in [1.807, 2.05) is 31.7 Å². The average molecular weight is 356 g/mol. The molecule has 7 nitrogen and oxygen atoms in total. The SMILES string of the molecule is CC(C)(C)C(=O)N1CCC(C(=O)Nn2cnc3ccccc3c2=O)CC1. The topological polar surface area (TPSA) is 84.3 Å². The second-order valence-corrected chi connectivity index (χ2v) is 7.73. The maximum Gasteiger partial charge on any atom is 0.280 e. The van der Waals surface area contributed by atoms with Gasteiger partial charge in [-0.05, 0) is 25.0 Å². The molecule has 0 spiro atoms. The van der Waals surface area contributed by atoms with Gasteiger partial charge in [-0.2, -0.15) is 0 Å². The highest BCUT2D eigenvalue weighted by Crippen LogP contribution is 2.23. The molecule has 3 rings (SSSR count). The Morgan fingerprint density at radius 1 is 1.15 bits per heavy atom. The molecule has 0 radical (unpaired) electrons. The lowest BCUT2D eigenvalue weighted by Gasteiger charge is -2.35. The number of benzene rings is 1. The molecule has 0 unspecified atom stereocenters. The Morgan fingerprint density at radius 3 is 2.46 bits per heavy atom. The number of fused-ring (bicyclic) bond motifs is 1. The van der Waals surface area contributed by atoms with Crippen molar-refractivity contribution in [1.82, 2.24) is 14.6 Å². The molecule has 2 amide bonds. The number of amides is 2. The summed E-state index contributed by atoms with van der Waals surface area (Å²) >= 11 is 0. The van der Waals surface area contributed by atoms with Crippen LogP contribution in [0.2, 0.25) is 0 Å². The molecule has 138 valence electrons. The zero-order valence-electron chi connectivity index (χ0n) is 15.4. The van der Waals surface area contributed by atoms with E-state index in [-0.39, 0.29) is 23.3 Å². The third-order valence-electron chi connectivity index (χ3n) is 4.69. The Kier molecular flexibility index (Phi) is 4.80. The monoisotopic (exact) mass is 356 g/mol. The molecule has 2 aromatic rings. The van der Waals surface area contributed by atoms with Crippen LogP contribution in [0.15, 0.2) is 35.4 Å². The number of nitrogens with one attached hydrogen (secondary N) is 1. The van der Waals surface area contributed by atoms with Crippen molar-refractivity contribution in [3.05, 3.63) is 40.9 Å². The number of carbonyl (C=O) groups is 2. The summed E-state index contributed by atoms with van der Waals surface area (Å²) in [6.07, 6.45) is 2.51. The van der Waals surface area contributed by atoms with Gasteiger partial charge in [0.1, 0.15) is 6.33 Å². The molecule has 1 fully saturated rings. The Balaban J connectivity index is 1.66. The van der Waals surface area contributed by atoms with Gasteiger partial charge in [-0.15, -0.1) is 0 Å². The van der Waals surface area contributed by atoms with E-state index < -0.39 is 5.41 Å². The van der Waals surface area contributed by atoms with Gasteiger partial charge in [0.05, 0.1) is 10.9 Å². The van der Waals surface area contributed by atoms with E-state index in [0.29, 0.717) is 36.8 Å². The number of hydrogen-bond acceptors (Lipinski definition) is 4. The molecule has 1 aliphatic heterocycles. The lowest BCUT2D eigenvalue weighted by Crippen LogP contribution is -2.47. The molecule has 1 aromatic carbocycles. The van der Waals surface area contributed by atoms with Crippen molar-refractivity contribution in [2.75, 3.05) is 18.5 Å². The largest absolute Gasteiger partial charge is 0.342 e. The van der Waals surface area contributed by atoms with E-state index in [4.69, 9.17) is 0 Å². The van der Waals surface area contributed by atoms with Gasteiger partial charge in [0.25, 0.3) is 5.56 Å². The van der Waals surface area contributed by atoms with Crippen molar-refractivity contribution >= 4 is 22.7 Å². The fourth-order valence-electron chi connectivity index (χ4n) is 3.18. The average Bonchev–Trinajstić information content (AvgIpc) is 2.63. The summed E-state index contributed by atoms with van der Waals surface area (Å²) in [6, 6.07) is 7.01. The molecule has 1 N–H and O–H groups in total. The molecule has 1 saturated heterocycles. The van der Waals surface area contributed by atoms with Crippen LogP contribution in [0.1, 0.15) is 33.6 Å². The molecule has 0 aliphatic carbocycles. The first-order valence-electron chi connectivity index (χ1n) is 8.84. The predicted molar refractivity (Wildman–Crippen MR) is 99.1 cm³/mol. The Hall–Kier alpha value is -2.70. The molecule has 1 aliphatic rings. The van der Waals surface area contributed by atoms with Crippen LogP contribution >= 0.6 is 0 Å². The highest BCUT2D eigenvalue weighted by molar-refractivity contribution is 5.87. The summed E-state index contributed by atoms with van der Waals surface area (Å²) < 4.78 is 1.14. The number of aromatic nitrogens is 2. The van der Waals surface area contributed by atoms with E-state index in [2.05, 4.69) is 10.4 Å². The number of rotatable bonds is 2. The number of nitrogens with zero attached hydrogens (tertiary/aromatic N) is 3. The first-order chi connectivity index (χ1) is 12.3. The van der Waals surface area contributed by atoms with Gasteiger partial charge in [0.15, 0.2) is 0 Å². The van der Waals surface area contributed by atoms with E-state index >= 15 is 0 Å². The van der Waals surface area contributed by atoms with Gasteiger partial charge in [-0.1, -0.05) is 32.9 Å². The molecule has 0 saturated carbocycles. The van der Waals surface area contributed by atoms with Gasteiger partial charge in [-0.3, -0.25) is 19.8 Å². The molecular weight excluding hydrogens is 332 g/mol. The highest BCUT2D eigenvalue weighted by atomic mass is 16.2. The minimum atomic E-state index is -0.417. The number of carbonyl (C=O) groups excluding carboxylic acids is 2. The molecule has 0 atom stereocenters. The Bertz CT molecular complexity index is 890. The van der Waals surface area contributed by atoms with Crippen molar-refractivity contribution in [2.24, 2.45) is 11.3 Å². The normalized spacial score (nSPS) is 15.9. The number of likely N-dealkylation sites (tertiary alicyclic amines) is 1. The van der Waals surface area contributed by atoms with Gasteiger partial charge >= 0.3 is 0 Å². The first kappa shape index (κ1) is 18.1. The Labute approximate surface area is 152 Å². The van der Waals surface area contributed by atoms with Crippen LogP contribution in [0, 0.1) is 11.3 Å². The molecule has 0 bridgehead atoms. The lowest BCUT2D eigenvalue weighted by atomic mass is 9.91. The van der Waals surface area contributed by atoms with Crippen LogP contribution in [0.3, 0.4) is 0 Å². The Morgan fingerprint density at radius 2 is 1.81 bits per heavy atom. The standard InChI is InChI=1S/C19H24N4O3/c1-19(2,3)18(26)22-10-8-13(9-11-22)16(24)21-23-12-20-15-7-5-4-6-14(15)17(23)25/h4-7,12-13H,8-11H2,1-3H3,(H,21,24). The van der Waals surface area contributed by atoms with Crippen molar-refractivity contribution in [2.45, 2.75) is 33.6 Å². The summed E-state index contributed by atoms with van der Waals surface area (Å²) in [5.74, 6) is -0.337. The maximum absolute atomic E-state index is 12.5. The van der Waals surface area contributed by atoms with Crippen molar-refractivity contribution in [1.29, 1.82) is 0 Å². The third-order valence-corrected chi connectivity index (χ3v) is 4.69. The van der Waals surface area contributed by atoms with Gasteiger partial charge < -0.3 is 4.90 Å².